The molecule has 2 aromatic carbocycles. The molecule has 0 saturated heterocycles. The van der Waals surface area contributed by atoms with Crippen LogP contribution in [-0.2, 0) is 14.8 Å². The second-order valence-electron chi connectivity index (χ2n) is 5.65. The number of carbonyl (C=O) groups is 1. The van der Waals surface area contributed by atoms with Crippen LogP contribution in [0.5, 0.6) is 0 Å². The molecule has 1 amide bonds. The molecular formula is C16H16ClN3O3S. The molecule has 0 radical (unpaired) electrons. The topological polar surface area (TPSA) is 87.3 Å². The molecule has 1 atom stereocenters. The smallest absolute Gasteiger partial charge is 0.262 e. The second-order valence-corrected chi connectivity index (χ2v) is 7.74. The monoisotopic (exact) mass is 365 g/mol. The number of carbonyl (C=O) groups excluding carboxylic acids is 1. The molecule has 8 heteroatoms. The Bertz CT molecular complexity index is 928. The van der Waals surface area contributed by atoms with Gasteiger partial charge >= 0.3 is 0 Å². The Morgan fingerprint density at radius 3 is 2.62 bits per heavy atom. The van der Waals surface area contributed by atoms with Crippen LogP contribution in [0.1, 0.15) is 11.1 Å². The molecule has 0 unspecified atom stereocenters. The molecule has 0 aromatic heterocycles. The van der Waals surface area contributed by atoms with E-state index in [0.29, 0.717) is 16.4 Å². The molecule has 126 valence electrons. The highest BCUT2D eigenvalue weighted by molar-refractivity contribution is 7.89. The highest BCUT2D eigenvalue weighted by Crippen LogP contribution is 2.27. The van der Waals surface area contributed by atoms with Gasteiger partial charge in [-0.15, -0.1) is 0 Å². The summed E-state index contributed by atoms with van der Waals surface area (Å²) in [5, 5.41) is 6.07. The number of hydrogen-bond acceptors (Lipinski definition) is 4. The molecule has 24 heavy (non-hydrogen) atoms. The van der Waals surface area contributed by atoms with Crippen molar-refractivity contribution in [3.8, 4) is 0 Å². The summed E-state index contributed by atoms with van der Waals surface area (Å²) in [6.07, 6.45) is -1.11. The van der Waals surface area contributed by atoms with Gasteiger partial charge in [0, 0.05) is 10.7 Å². The number of hydrogen-bond donors (Lipinski definition) is 3. The van der Waals surface area contributed by atoms with Gasteiger partial charge in [0.2, 0.25) is 10.0 Å². The largest absolute Gasteiger partial charge is 0.360 e. The van der Waals surface area contributed by atoms with E-state index in [2.05, 4.69) is 15.4 Å². The summed E-state index contributed by atoms with van der Waals surface area (Å²) in [4.78, 5) is 12.5. The van der Waals surface area contributed by atoms with E-state index in [1.165, 1.54) is 6.07 Å². The summed E-state index contributed by atoms with van der Waals surface area (Å²) in [5.74, 6) is -0.523. The Morgan fingerprint density at radius 2 is 1.92 bits per heavy atom. The van der Waals surface area contributed by atoms with Crippen molar-refractivity contribution in [1.29, 1.82) is 0 Å². The minimum atomic E-state index is -3.76. The number of amides is 1. The number of aryl methyl sites for hydroxylation is 2. The van der Waals surface area contributed by atoms with Gasteiger partial charge in [-0.1, -0.05) is 23.7 Å². The maximum atomic E-state index is 12.4. The van der Waals surface area contributed by atoms with Crippen molar-refractivity contribution >= 4 is 38.9 Å². The summed E-state index contributed by atoms with van der Waals surface area (Å²) in [6.45, 7) is 3.70. The first-order valence-corrected chi connectivity index (χ1v) is 9.09. The van der Waals surface area contributed by atoms with Crippen LogP contribution >= 0.6 is 11.6 Å². The highest BCUT2D eigenvalue weighted by Gasteiger charge is 2.33. The molecule has 0 fully saturated rings. The minimum Gasteiger partial charge on any atom is -0.360 e. The number of sulfonamides is 1. The first-order chi connectivity index (χ1) is 11.3. The summed E-state index contributed by atoms with van der Waals surface area (Å²) >= 11 is 6.03. The van der Waals surface area contributed by atoms with Crippen LogP contribution in [0, 0.1) is 13.8 Å². The number of nitrogens with one attached hydrogen (secondary N) is 3. The third-order valence-electron chi connectivity index (χ3n) is 3.70. The van der Waals surface area contributed by atoms with Crippen molar-refractivity contribution in [2.45, 2.75) is 24.9 Å². The van der Waals surface area contributed by atoms with Crippen LogP contribution < -0.4 is 15.4 Å². The van der Waals surface area contributed by atoms with Crippen LogP contribution in [0.15, 0.2) is 41.3 Å². The minimum absolute atomic E-state index is 0.121. The fourth-order valence-corrected chi connectivity index (χ4v) is 3.84. The fourth-order valence-electron chi connectivity index (χ4n) is 2.40. The van der Waals surface area contributed by atoms with Gasteiger partial charge in [0.25, 0.3) is 5.91 Å². The molecule has 1 heterocycles. The van der Waals surface area contributed by atoms with Crippen molar-refractivity contribution in [1.82, 2.24) is 4.72 Å². The summed E-state index contributed by atoms with van der Waals surface area (Å²) in [6, 6.07) is 9.99. The van der Waals surface area contributed by atoms with Gasteiger partial charge in [-0.3, -0.25) is 4.79 Å². The van der Waals surface area contributed by atoms with E-state index in [0.717, 1.165) is 11.1 Å². The predicted octanol–water partition coefficient (Wildman–Crippen LogP) is 2.63. The normalized spacial score (nSPS) is 18.4. The summed E-state index contributed by atoms with van der Waals surface area (Å²) in [7, 11) is -3.76. The quantitative estimate of drug-likeness (QED) is 0.763. The van der Waals surface area contributed by atoms with Gasteiger partial charge in [-0.25, -0.2) is 8.42 Å². The van der Waals surface area contributed by atoms with E-state index in [-0.39, 0.29) is 4.90 Å². The maximum absolute atomic E-state index is 12.4. The van der Waals surface area contributed by atoms with Crippen LogP contribution in [0.2, 0.25) is 5.02 Å². The Hall–Kier alpha value is -2.09. The van der Waals surface area contributed by atoms with Crippen molar-refractivity contribution in [3.05, 3.63) is 52.5 Å². The van der Waals surface area contributed by atoms with Crippen molar-refractivity contribution < 1.29 is 13.2 Å². The Kier molecular flexibility index (Phi) is 4.25. The van der Waals surface area contributed by atoms with E-state index >= 15 is 0 Å². The van der Waals surface area contributed by atoms with Crippen molar-refractivity contribution in [2.75, 3.05) is 10.6 Å². The number of halogens is 1. The van der Waals surface area contributed by atoms with Crippen LogP contribution in [0.3, 0.4) is 0 Å². The lowest BCUT2D eigenvalue weighted by Crippen LogP contribution is -2.51. The van der Waals surface area contributed by atoms with E-state index in [1.54, 1.807) is 30.3 Å². The molecule has 6 nitrogen and oxygen atoms in total. The average Bonchev–Trinajstić information content (AvgIpc) is 2.49. The number of fused-ring (bicyclic) bond motifs is 1. The first kappa shape index (κ1) is 16.8. The van der Waals surface area contributed by atoms with Crippen molar-refractivity contribution in [2.24, 2.45) is 0 Å². The number of benzene rings is 2. The summed E-state index contributed by atoms with van der Waals surface area (Å²) < 4.78 is 26.9. The third kappa shape index (κ3) is 3.24. The zero-order valence-corrected chi connectivity index (χ0v) is 14.6. The third-order valence-corrected chi connectivity index (χ3v) is 5.59. The molecule has 0 saturated carbocycles. The Balaban J connectivity index is 1.85. The van der Waals surface area contributed by atoms with E-state index in [9.17, 15) is 13.2 Å². The van der Waals surface area contributed by atoms with Gasteiger partial charge in [-0.2, -0.15) is 4.72 Å². The Labute approximate surface area is 145 Å². The SMILES string of the molecule is Cc1ccc2c(c1)N[C@H](C(=O)Nc1ccc(C)c(Cl)c1)NS2(=O)=O. The first-order valence-electron chi connectivity index (χ1n) is 7.23. The zero-order valence-electron chi connectivity index (χ0n) is 13.1. The van der Waals surface area contributed by atoms with E-state index < -0.39 is 22.1 Å². The molecule has 0 spiro atoms. The number of anilines is 2. The van der Waals surface area contributed by atoms with Crippen LogP contribution in [0.4, 0.5) is 11.4 Å². The standard InChI is InChI=1S/C16H16ClN3O3S/c1-9-3-6-14-13(7-9)19-15(20-24(14,22)23)16(21)18-11-5-4-10(2)12(17)8-11/h3-8,15,19-20H,1-2H3,(H,18,21)/t15-/m0/s1. The molecule has 3 N–H and O–H groups in total. The van der Waals surface area contributed by atoms with Crippen molar-refractivity contribution in [3.63, 3.8) is 0 Å². The van der Waals surface area contributed by atoms with E-state index in [4.69, 9.17) is 11.6 Å². The van der Waals surface area contributed by atoms with Gasteiger partial charge in [0.15, 0.2) is 6.17 Å². The Morgan fingerprint density at radius 1 is 1.17 bits per heavy atom. The lowest BCUT2D eigenvalue weighted by Gasteiger charge is -2.27. The summed E-state index contributed by atoms with van der Waals surface area (Å²) in [5.41, 5.74) is 2.67. The second kappa shape index (κ2) is 6.08. The average molecular weight is 366 g/mol. The molecular weight excluding hydrogens is 350 g/mol. The molecule has 3 rings (SSSR count). The van der Waals surface area contributed by atoms with Gasteiger partial charge < -0.3 is 10.6 Å². The van der Waals surface area contributed by atoms with Gasteiger partial charge in [0.05, 0.1) is 5.69 Å². The van der Waals surface area contributed by atoms with Gasteiger partial charge in [0.1, 0.15) is 4.90 Å². The van der Waals surface area contributed by atoms with E-state index in [1.807, 2.05) is 13.8 Å². The molecule has 0 bridgehead atoms. The lowest BCUT2D eigenvalue weighted by molar-refractivity contribution is -0.117. The number of rotatable bonds is 2. The fraction of sp³-hybridized carbons (Fsp3) is 0.188. The van der Waals surface area contributed by atoms with Gasteiger partial charge in [-0.05, 0) is 49.2 Å². The lowest BCUT2D eigenvalue weighted by atomic mass is 10.2. The molecule has 1 aliphatic rings. The van der Waals surface area contributed by atoms with Crippen LogP contribution in [0.25, 0.3) is 0 Å². The highest BCUT2D eigenvalue weighted by atomic mass is 35.5. The predicted molar refractivity (Wildman–Crippen MR) is 93.7 cm³/mol. The van der Waals surface area contributed by atoms with Crippen LogP contribution in [-0.4, -0.2) is 20.5 Å². The molecule has 0 aliphatic carbocycles. The zero-order chi connectivity index (χ0) is 17.5. The maximum Gasteiger partial charge on any atom is 0.262 e. The molecule has 2 aromatic rings. The molecule has 1 aliphatic heterocycles.